The molecule has 2 N–H and O–H groups in total. The van der Waals surface area contributed by atoms with Gasteiger partial charge in [0.15, 0.2) is 0 Å². The Labute approximate surface area is 192 Å². The van der Waals surface area contributed by atoms with Crippen molar-refractivity contribution in [2.75, 3.05) is 0 Å². The molecule has 0 saturated heterocycles. The fourth-order valence-electron chi connectivity index (χ4n) is 5.64. The first kappa shape index (κ1) is 19.7. The van der Waals surface area contributed by atoms with Gasteiger partial charge in [0.05, 0.1) is 16.5 Å². The van der Waals surface area contributed by atoms with E-state index in [4.69, 9.17) is 9.47 Å². The number of para-hydroxylation sites is 2. The van der Waals surface area contributed by atoms with Gasteiger partial charge in [0, 0.05) is 11.1 Å². The van der Waals surface area contributed by atoms with Crippen LogP contribution >= 0.6 is 0 Å². The predicted octanol–water partition coefficient (Wildman–Crippen LogP) is 6.93. The van der Waals surface area contributed by atoms with E-state index in [1.54, 1.807) is 0 Å². The zero-order valence-corrected chi connectivity index (χ0v) is 19.0. The van der Waals surface area contributed by atoms with Crippen LogP contribution in [0.25, 0.3) is 0 Å². The molecule has 2 aliphatic heterocycles. The average Bonchev–Trinajstić information content (AvgIpc) is 2.81. The van der Waals surface area contributed by atoms with Gasteiger partial charge >= 0.3 is 0 Å². The van der Waals surface area contributed by atoms with Gasteiger partial charge in [0.2, 0.25) is 0 Å². The summed E-state index contributed by atoms with van der Waals surface area (Å²) in [4.78, 5) is 0. The number of aromatic hydroxyl groups is 2. The zero-order valence-electron chi connectivity index (χ0n) is 19.0. The summed E-state index contributed by atoms with van der Waals surface area (Å²) in [5.74, 6) is 2.92. The summed E-state index contributed by atoms with van der Waals surface area (Å²) in [5.41, 5.74) is 5.31. The highest BCUT2D eigenvalue weighted by Gasteiger charge is 2.54. The molecule has 4 nitrogen and oxygen atoms in total. The molecule has 0 fully saturated rings. The van der Waals surface area contributed by atoms with Gasteiger partial charge in [-0.2, -0.15) is 0 Å². The lowest BCUT2D eigenvalue weighted by Crippen LogP contribution is -2.37. The van der Waals surface area contributed by atoms with Crippen LogP contribution in [0.15, 0.2) is 60.7 Å². The molecule has 164 valence electrons. The Bertz CT molecular complexity index is 1370. The van der Waals surface area contributed by atoms with Crippen molar-refractivity contribution < 1.29 is 19.7 Å². The maximum Gasteiger partial charge on any atom is 0.138 e. The van der Waals surface area contributed by atoms with E-state index in [0.717, 1.165) is 33.4 Å². The number of rotatable bonds is 0. The second-order valence-corrected chi connectivity index (χ2v) is 9.07. The quantitative estimate of drug-likeness (QED) is 0.271. The summed E-state index contributed by atoms with van der Waals surface area (Å²) in [6.45, 7) is 7.76. The number of hydrogen-bond acceptors (Lipinski definition) is 4. The molecule has 0 aliphatic carbocycles. The highest BCUT2D eigenvalue weighted by molar-refractivity contribution is 5.81. The second kappa shape index (κ2) is 6.55. The highest BCUT2D eigenvalue weighted by atomic mass is 16.5. The molecule has 0 atom stereocenters. The molecule has 0 radical (unpaired) electrons. The minimum atomic E-state index is -1.02. The predicted molar refractivity (Wildman–Crippen MR) is 127 cm³/mol. The zero-order chi connectivity index (χ0) is 23.1. The lowest BCUT2D eigenvalue weighted by atomic mass is 9.61. The smallest absolute Gasteiger partial charge is 0.138 e. The molecule has 0 aromatic heterocycles. The van der Waals surface area contributed by atoms with Gasteiger partial charge < -0.3 is 19.7 Å². The van der Waals surface area contributed by atoms with Gasteiger partial charge in [-0.1, -0.05) is 36.4 Å². The molecule has 0 bridgehead atoms. The largest absolute Gasteiger partial charge is 0.507 e. The maximum atomic E-state index is 11.6. The molecule has 0 saturated carbocycles. The molecule has 4 aromatic rings. The van der Waals surface area contributed by atoms with Crippen LogP contribution < -0.4 is 9.47 Å². The first-order valence-corrected chi connectivity index (χ1v) is 11.1. The number of ether oxygens (including phenoxy) is 2. The van der Waals surface area contributed by atoms with Crippen LogP contribution in [0.2, 0.25) is 0 Å². The monoisotopic (exact) mass is 436 g/mol. The Morgan fingerprint density at radius 1 is 0.576 bits per heavy atom. The summed E-state index contributed by atoms with van der Waals surface area (Å²) in [7, 11) is 0. The molecule has 33 heavy (non-hydrogen) atoms. The van der Waals surface area contributed by atoms with Gasteiger partial charge in [-0.15, -0.1) is 0 Å². The Morgan fingerprint density at radius 3 is 1.39 bits per heavy atom. The van der Waals surface area contributed by atoms with Crippen LogP contribution in [0.5, 0.6) is 34.5 Å². The number of benzene rings is 4. The van der Waals surface area contributed by atoms with Crippen LogP contribution in [0, 0.1) is 27.7 Å². The first-order valence-electron chi connectivity index (χ1n) is 11.1. The van der Waals surface area contributed by atoms with Crippen molar-refractivity contribution in [3.8, 4) is 34.5 Å². The average molecular weight is 437 g/mol. The number of phenols is 2. The van der Waals surface area contributed by atoms with Crippen LogP contribution in [0.3, 0.4) is 0 Å². The summed E-state index contributed by atoms with van der Waals surface area (Å²) < 4.78 is 12.8. The van der Waals surface area contributed by atoms with Crippen molar-refractivity contribution in [1.82, 2.24) is 0 Å². The normalized spacial score (nSPS) is 14.4. The van der Waals surface area contributed by atoms with Gasteiger partial charge in [-0.3, -0.25) is 0 Å². The fraction of sp³-hybridized carbons (Fsp3) is 0.172. The van der Waals surface area contributed by atoms with E-state index in [1.807, 2.05) is 88.4 Å². The molecule has 4 heteroatoms. The molecular formula is C29H24O4. The Hall–Kier alpha value is -3.92. The molecular weight excluding hydrogens is 412 g/mol. The lowest BCUT2D eigenvalue weighted by Gasteiger charge is -2.46. The van der Waals surface area contributed by atoms with Crippen molar-refractivity contribution in [3.05, 3.63) is 105 Å². The van der Waals surface area contributed by atoms with Crippen molar-refractivity contribution in [1.29, 1.82) is 0 Å². The first-order chi connectivity index (χ1) is 15.9. The molecule has 6 rings (SSSR count). The summed E-state index contributed by atoms with van der Waals surface area (Å²) in [6, 6.07) is 19.6. The van der Waals surface area contributed by atoms with Crippen molar-refractivity contribution in [2.45, 2.75) is 33.1 Å². The van der Waals surface area contributed by atoms with Gasteiger partial charge in [-0.25, -0.2) is 0 Å². The van der Waals surface area contributed by atoms with Crippen molar-refractivity contribution >= 4 is 0 Å². The topological polar surface area (TPSA) is 58.9 Å². The van der Waals surface area contributed by atoms with Crippen LogP contribution in [-0.4, -0.2) is 10.2 Å². The lowest BCUT2D eigenvalue weighted by molar-refractivity contribution is 0.366. The van der Waals surface area contributed by atoms with E-state index in [1.165, 1.54) is 0 Å². The molecule has 4 aromatic carbocycles. The summed E-state index contributed by atoms with van der Waals surface area (Å²) in [6.07, 6.45) is 0. The second-order valence-electron chi connectivity index (χ2n) is 9.07. The number of hydrogen-bond donors (Lipinski definition) is 2. The summed E-state index contributed by atoms with van der Waals surface area (Å²) in [5, 5.41) is 23.2. The maximum absolute atomic E-state index is 11.6. The number of fused-ring (bicyclic) bond motifs is 8. The van der Waals surface area contributed by atoms with Gasteiger partial charge in [0.1, 0.15) is 34.5 Å². The van der Waals surface area contributed by atoms with Crippen LogP contribution in [0.4, 0.5) is 0 Å². The third-order valence-corrected chi connectivity index (χ3v) is 7.01. The van der Waals surface area contributed by atoms with E-state index < -0.39 is 5.41 Å². The number of phenolic OH excluding ortho intramolecular Hbond substituents is 2. The molecule has 2 aliphatic rings. The molecule has 0 unspecified atom stereocenters. The van der Waals surface area contributed by atoms with Gasteiger partial charge in [0.25, 0.3) is 0 Å². The minimum absolute atomic E-state index is 0.159. The standard InChI is InChI=1S/C29H24O4/c1-15-13-17(3)27-23(25(15)30)29(19-9-5-7-11-21(19)32-27)20-10-6-8-12-22(20)33-28-18(4)14-16(2)26(31)24(28)29/h5-14,30-31H,1-4H3. The molecule has 1 spiro atoms. The van der Waals surface area contributed by atoms with E-state index in [-0.39, 0.29) is 11.5 Å². The SMILES string of the molecule is Cc1cc(C)c2c(c1O)C1(c3ccccc3O2)c2ccccc2Oc2c(C)cc(C)c(O)c21. The van der Waals surface area contributed by atoms with Crippen molar-refractivity contribution in [3.63, 3.8) is 0 Å². The highest BCUT2D eigenvalue weighted by Crippen LogP contribution is 2.66. The van der Waals surface area contributed by atoms with E-state index in [2.05, 4.69) is 0 Å². The van der Waals surface area contributed by atoms with E-state index in [0.29, 0.717) is 34.1 Å². The third-order valence-electron chi connectivity index (χ3n) is 7.01. The molecule has 2 heterocycles. The van der Waals surface area contributed by atoms with E-state index in [9.17, 15) is 10.2 Å². The van der Waals surface area contributed by atoms with Crippen LogP contribution in [-0.2, 0) is 5.41 Å². The number of aryl methyl sites for hydroxylation is 4. The Balaban J connectivity index is 1.94. The third kappa shape index (κ3) is 2.35. The van der Waals surface area contributed by atoms with E-state index >= 15 is 0 Å². The van der Waals surface area contributed by atoms with Gasteiger partial charge in [-0.05, 0) is 74.2 Å². The minimum Gasteiger partial charge on any atom is -0.507 e. The Kier molecular flexibility index (Phi) is 3.92. The van der Waals surface area contributed by atoms with Crippen molar-refractivity contribution in [2.24, 2.45) is 0 Å². The van der Waals surface area contributed by atoms with Crippen LogP contribution in [0.1, 0.15) is 44.5 Å². The summed E-state index contributed by atoms with van der Waals surface area (Å²) >= 11 is 0. The molecule has 0 amide bonds. The fourth-order valence-corrected chi connectivity index (χ4v) is 5.64. The Morgan fingerprint density at radius 2 is 0.970 bits per heavy atom.